The molecule has 2 heterocycles. The molecule has 7 nitrogen and oxygen atoms in total. The minimum Gasteiger partial charge on any atom is -0.480 e. The number of fused-ring (bicyclic) bond motifs is 1. The summed E-state index contributed by atoms with van der Waals surface area (Å²) in [6, 6.07) is -1.63. The van der Waals surface area contributed by atoms with Crippen molar-refractivity contribution >= 4 is 29.7 Å². The van der Waals surface area contributed by atoms with Crippen molar-refractivity contribution in [1.29, 1.82) is 0 Å². The smallest absolute Gasteiger partial charge is 0.327 e. The number of rotatable bonds is 3. The van der Waals surface area contributed by atoms with Gasteiger partial charge >= 0.3 is 12.0 Å². The second-order valence-corrected chi connectivity index (χ2v) is 8.80. The summed E-state index contributed by atoms with van der Waals surface area (Å²) in [5.41, 5.74) is 0. The summed E-state index contributed by atoms with van der Waals surface area (Å²) in [4.78, 5) is 37.2. The molecule has 1 aliphatic carbocycles. The lowest BCUT2D eigenvalue weighted by Crippen LogP contribution is -2.71. The average Bonchev–Trinajstić information content (AvgIpc) is 2.74. The number of nitrogens with one attached hydrogen (secondary N) is 2. The molecule has 0 aromatic carbocycles. The maximum atomic E-state index is 12.3. The number of aliphatic carboxylic acids is 1. The summed E-state index contributed by atoms with van der Waals surface area (Å²) in [6.45, 7) is 3.64. The van der Waals surface area contributed by atoms with Crippen molar-refractivity contribution in [3.8, 4) is 0 Å². The van der Waals surface area contributed by atoms with E-state index in [1.807, 2.05) is 13.8 Å². The number of β-lactam (4-membered cyclic amide) rings is 1. The van der Waals surface area contributed by atoms with Crippen LogP contribution in [0.2, 0.25) is 0 Å². The van der Waals surface area contributed by atoms with Gasteiger partial charge in [-0.2, -0.15) is 0 Å². The van der Waals surface area contributed by atoms with Gasteiger partial charge in [0.25, 0.3) is 0 Å². The van der Waals surface area contributed by atoms with Crippen LogP contribution in [0.15, 0.2) is 0 Å². The zero-order valence-electron chi connectivity index (χ0n) is 13.4. The van der Waals surface area contributed by atoms with Crippen LogP contribution >= 0.6 is 11.8 Å². The van der Waals surface area contributed by atoms with Crippen LogP contribution < -0.4 is 10.6 Å². The monoisotopic (exact) mass is 341 g/mol. The van der Waals surface area contributed by atoms with E-state index in [4.69, 9.17) is 0 Å². The number of carboxylic acids is 1. The van der Waals surface area contributed by atoms with Gasteiger partial charge < -0.3 is 20.6 Å². The van der Waals surface area contributed by atoms with Gasteiger partial charge in [0.15, 0.2) is 0 Å². The second kappa shape index (κ2) is 5.89. The first-order valence-corrected chi connectivity index (χ1v) is 8.99. The maximum Gasteiger partial charge on any atom is 0.327 e. The van der Waals surface area contributed by atoms with Crippen LogP contribution in [-0.2, 0) is 9.59 Å². The standard InChI is InChI=1S/C15H23N3O4S/c1-15(2)10(13(20)21)18-11(19)9(12(18)23-15)17-14(22)16-8-6-4-3-5-7-8/h8-10,12H,3-7H2,1-2H3,(H,20,21)(H2,16,17,22)/t9-,10+,12+/m0/s1. The minimum absolute atomic E-state index is 0.175. The van der Waals surface area contributed by atoms with Gasteiger partial charge in [0.2, 0.25) is 5.91 Å². The molecule has 2 aliphatic heterocycles. The molecule has 3 aliphatic rings. The zero-order valence-corrected chi connectivity index (χ0v) is 14.2. The summed E-state index contributed by atoms with van der Waals surface area (Å²) in [5, 5.41) is 14.7. The van der Waals surface area contributed by atoms with Crippen LogP contribution in [0.1, 0.15) is 46.0 Å². The van der Waals surface area contributed by atoms with Crippen molar-refractivity contribution in [1.82, 2.24) is 15.5 Å². The van der Waals surface area contributed by atoms with Crippen LogP contribution in [0.3, 0.4) is 0 Å². The van der Waals surface area contributed by atoms with E-state index in [1.54, 1.807) is 0 Å². The lowest BCUT2D eigenvalue weighted by molar-refractivity contribution is -0.159. The molecule has 3 amide bonds. The lowest BCUT2D eigenvalue weighted by atomic mass is 9.95. The van der Waals surface area contributed by atoms with Gasteiger partial charge in [-0.05, 0) is 26.7 Å². The third-order valence-corrected chi connectivity index (χ3v) is 6.47. The second-order valence-electron chi connectivity index (χ2n) is 7.03. The normalized spacial score (nSPS) is 32.9. The Morgan fingerprint density at radius 2 is 1.87 bits per heavy atom. The highest BCUT2D eigenvalue weighted by atomic mass is 32.2. The highest BCUT2D eigenvalue weighted by Crippen LogP contribution is 2.50. The highest BCUT2D eigenvalue weighted by Gasteiger charge is 2.64. The summed E-state index contributed by atoms with van der Waals surface area (Å²) in [7, 11) is 0. The van der Waals surface area contributed by atoms with E-state index in [0.29, 0.717) is 0 Å². The Kier molecular flexibility index (Phi) is 4.20. The quantitative estimate of drug-likeness (QED) is 0.669. The highest BCUT2D eigenvalue weighted by molar-refractivity contribution is 8.01. The third-order valence-electron chi connectivity index (χ3n) is 4.90. The van der Waals surface area contributed by atoms with Crippen molar-refractivity contribution in [3.63, 3.8) is 0 Å². The summed E-state index contributed by atoms with van der Waals surface area (Å²) in [6.07, 6.45) is 5.40. The van der Waals surface area contributed by atoms with Crippen molar-refractivity contribution in [2.24, 2.45) is 0 Å². The van der Waals surface area contributed by atoms with Crippen molar-refractivity contribution in [2.75, 3.05) is 0 Å². The summed E-state index contributed by atoms with van der Waals surface area (Å²) in [5.74, 6) is -1.30. The van der Waals surface area contributed by atoms with Gasteiger partial charge in [0, 0.05) is 10.8 Å². The predicted octanol–water partition coefficient (Wildman–Crippen LogP) is 1.13. The maximum absolute atomic E-state index is 12.3. The molecule has 3 rings (SSSR count). The van der Waals surface area contributed by atoms with Gasteiger partial charge in [0.1, 0.15) is 17.5 Å². The predicted molar refractivity (Wildman–Crippen MR) is 86.1 cm³/mol. The van der Waals surface area contributed by atoms with E-state index in [-0.39, 0.29) is 23.4 Å². The number of urea groups is 1. The Hall–Kier alpha value is -1.44. The van der Waals surface area contributed by atoms with E-state index in [9.17, 15) is 19.5 Å². The van der Waals surface area contributed by atoms with Crippen LogP contribution in [0.25, 0.3) is 0 Å². The van der Waals surface area contributed by atoms with Crippen LogP contribution in [0.4, 0.5) is 4.79 Å². The largest absolute Gasteiger partial charge is 0.480 e. The molecule has 3 atom stereocenters. The molecule has 0 spiro atoms. The number of amides is 3. The fourth-order valence-electron chi connectivity index (χ4n) is 3.76. The first-order chi connectivity index (χ1) is 10.8. The van der Waals surface area contributed by atoms with E-state index in [1.165, 1.54) is 23.1 Å². The Labute approximate surface area is 139 Å². The summed E-state index contributed by atoms with van der Waals surface area (Å²) < 4.78 is -0.567. The minimum atomic E-state index is -0.997. The van der Waals surface area contributed by atoms with Crippen LogP contribution in [0.5, 0.6) is 0 Å². The Balaban J connectivity index is 1.59. The summed E-state index contributed by atoms with van der Waals surface area (Å²) >= 11 is 1.44. The molecule has 1 saturated carbocycles. The molecule has 3 N–H and O–H groups in total. The van der Waals surface area contributed by atoms with E-state index in [2.05, 4.69) is 10.6 Å². The van der Waals surface area contributed by atoms with Crippen LogP contribution in [0, 0.1) is 0 Å². The Morgan fingerprint density at radius 1 is 1.22 bits per heavy atom. The molecular formula is C15H23N3O4S. The first kappa shape index (κ1) is 16.4. The molecule has 23 heavy (non-hydrogen) atoms. The molecule has 2 saturated heterocycles. The number of hydrogen-bond donors (Lipinski definition) is 3. The zero-order chi connectivity index (χ0) is 16.8. The third kappa shape index (κ3) is 2.88. The molecule has 0 aromatic heterocycles. The lowest BCUT2D eigenvalue weighted by Gasteiger charge is -2.43. The van der Waals surface area contributed by atoms with Gasteiger partial charge in [-0.15, -0.1) is 11.8 Å². The van der Waals surface area contributed by atoms with E-state index in [0.717, 1.165) is 25.7 Å². The van der Waals surface area contributed by atoms with Gasteiger partial charge in [-0.25, -0.2) is 9.59 Å². The molecule has 0 unspecified atom stereocenters. The van der Waals surface area contributed by atoms with Gasteiger partial charge in [-0.1, -0.05) is 19.3 Å². The van der Waals surface area contributed by atoms with Crippen LogP contribution in [-0.4, -0.2) is 56.2 Å². The number of thioether (sulfide) groups is 1. The number of hydrogen-bond acceptors (Lipinski definition) is 4. The van der Waals surface area contributed by atoms with E-state index >= 15 is 0 Å². The van der Waals surface area contributed by atoms with Crippen molar-refractivity contribution in [3.05, 3.63) is 0 Å². The number of carboxylic acid groups (broad SMARTS) is 1. The fraction of sp³-hybridized carbons (Fsp3) is 0.800. The SMILES string of the molecule is CC1(C)S[C@@H]2[C@@H](NC(=O)NC3CCCCC3)C(=O)N2[C@@H]1C(=O)O. The molecule has 0 radical (unpaired) electrons. The topological polar surface area (TPSA) is 98.7 Å². The molecule has 128 valence electrons. The van der Waals surface area contributed by atoms with Crippen molar-refractivity contribution < 1.29 is 19.5 Å². The van der Waals surface area contributed by atoms with E-state index < -0.39 is 22.8 Å². The number of carbonyl (C=O) groups is 3. The molecule has 8 heteroatoms. The molecule has 0 aromatic rings. The number of carbonyl (C=O) groups excluding carboxylic acids is 2. The Bertz CT molecular complexity index is 533. The van der Waals surface area contributed by atoms with Crippen molar-refractivity contribution in [2.45, 2.75) is 74.2 Å². The van der Waals surface area contributed by atoms with Gasteiger partial charge in [-0.3, -0.25) is 4.79 Å². The average molecular weight is 341 g/mol. The molecule has 3 fully saturated rings. The number of nitrogens with zero attached hydrogens (tertiary/aromatic N) is 1. The molecule has 0 bridgehead atoms. The Morgan fingerprint density at radius 3 is 2.48 bits per heavy atom. The fourth-order valence-corrected chi connectivity index (χ4v) is 5.39. The van der Waals surface area contributed by atoms with Gasteiger partial charge in [0.05, 0.1) is 0 Å². The first-order valence-electron chi connectivity index (χ1n) is 8.11. The molecular weight excluding hydrogens is 318 g/mol.